The minimum absolute atomic E-state index is 0.663. The van der Waals surface area contributed by atoms with Crippen LogP contribution in [0.15, 0.2) is 40.9 Å². The van der Waals surface area contributed by atoms with Gasteiger partial charge in [-0.15, -0.1) is 0 Å². The summed E-state index contributed by atoms with van der Waals surface area (Å²) in [6.07, 6.45) is 0. The smallest absolute Gasteiger partial charge is 0.0632 e. The fraction of sp³-hybridized carbons (Fsp3) is 0.0769. The number of anilines is 3. The predicted molar refractivity (Wildman–Crippen MR) is 78.0 cm³/mol. The van der Waals surface area contributed by atoms with Crippen molar-refractivity contribution in [1.82, 2.24) is 0 Å². The molecular formula is C13H12BrClN2. The van der Waals surface area contributed by atoms with Crippen molar-refractivity contribution >= 4 is 44.6 Å². The number of hydrogen-bond donors (Lipinski definition) is 2. The number of hydrogen-bond acceptors (Lipinski definition) is 2. The molecule has 0 atom stereocenters. The van der Waals surface area contributed by atoms with Gasteiger partial charge < -0.3 is 11.1 Å². The third kappa shape index (κ3) is 2.93. The molecule has 0 radical (unpaired) electrons. The summed E-state index contributed by atoms with van der Waals surface area (Å²) in [7, 11) is 0. The number of nitrogen functional groups attached to an aromatic ring is 1. The minimum atomic E-state index is 0.663. The molecule has 0 saturated heterocycles. The molecule has 4 heteroatoms. The highest BCUT2D eigenvalue weighted by Crippen LogP contribution is 2.29. The zero-order valence-electron chi connectivity index (χ0n) is 9.30. The maximum Gasteiger partial charge on any atom is 0.0632 e. The molecule has 2 aromatic rings. The molecular weight excluding hydrogens is 300 g/mol. The first-order valence-corrected chi connectivity index (χ1v) is 6.31. The van der Waals surface area contributed by atoms with Crippen LogP contribution in [0.25, 0.3) is 0 Å². The molecule has 0 unspecified atom stereocenters. The van der Waals surface area contributed by atoms with Gasteiger partial charge in [-0.3, -0.25) is 0 Å². The lowest BCUT2D eigenvalue weighted by atomic mass is 10.2. The molecule has 2 rings (SSSR count). The molecule has 0 aromatic heterocycles. The average molecular weight is 312 g/mol. The summed E-state index contributed by atoms with van der Waals surface area (Å²) in [6.45, 7) is 2.04. The molecule has 0 spiro atoms. The van der Waals surface area contributed by atoms with Gasteiger partial charge in [0.2, 0.25) is 0 Å². The largest absolute Gasteiger partial charge is 0.397 e. The highest BCUT2D eigenvalue weighted by Gasteiger charge is 2.03. The summed E-state index contributed by atoms with van der Waals surface area (Å²) >= 11 is 9.38. The molecule has 2 aromatic carbocycles. The van der Waals surface area contributed by atoms with Gasteiger partial charge in [-0.25, -0.2) is 0 Å². The Kier molecular flexibility index (Phi) is 3.60. The summed E-state index contributed by atoms with van der Waals surface area (Å²) in [4.78, 5) is 0. The maximum atomic E-state index is 5.95. The molecule has 17 heavy (non-hydrogen) atoms. The van der Waals surface area contributed by atoms with Gasteiger partial charge in [-0.1, -0.05) is 27.5 Å². The van der Waals surface area contributed by atoms with Gasteiger partial charge in [-0.2, -0.15) is 0 Å². The monoisotopic (exact) mass is 310 g/mol. The SMILES string of the molecule is Cc1cc(Br)ccc1Nc1cc(Cl)ccc1N. The number of halogens is 2. The van der Waals surface area contributed by atoms with Crippen molar-refractivity contribution < 1.29 is 0 Å². The van der Waals surface area contributed by atoms with E-state index in [4.69, 9.17) is 17.3 Å². The van der Waals surface area contributed by atoms with Crippen LogP contribution in [0.4, 0.5) is 17.1 Å². The van der Waals surface area contributed by atoms with E-state index in [1.54, 1.807) is 12.1 Å². The van der Waals surface area contributed by atoms with E-state index in [9.17, 15) is 0 Å². The second kappa shape index (κ2) is 4.98. The summed E-state index contributed by atoms with van der Waals surface area (Å²) in [5.74, 6) is 0. The summed E-state index contributed by atoms with van der Waals surface area (Å²) < 4.78 is 1.06. The predicted octanol–water partition coefficient (Wildman–Crippen LogP) is 4.74. The van der Waals surface area contributed by atoms with Crippen LogP contribution in [-0.4, -0.2) is 0 Å². The zero-order valence-corrected chi connectivity index (χ0v) is 11.6. The van der Waals surface area contributed by atoms with Gasteiger partial charge in [0.05, 0.1) is 11.4 Å². The van der Waals surface area contributed by atoms with E-state index in [0.717, 1.165) is 21.4 Å². The highest BCUT2D eigenvalue weighted by molar-refractivity contribution is 9.10. The molecule has 88 valence electrons. The summed E-state index contributed by atoms with van der Waals surface area (Å²) in [5.41, 5.74) is 9.54. The highest BCUT2D eigenvalue weighted by atomic mass is 79.9. The lowest BCUT2D eigenvalue weighted by Crippen LogP contribution is -1.97. The van der Waals surface area contributed by atoms with Crippen molar-refractivity contribution in [3.63, 3.8) is 0 Å². The molecule has 0 aliphatic rings. The van der Waals surface area contributed by atoms with Gasteiger partial charge in [0, 0.05) is 15.2 Å². The third-order valence-corrected chi connectivity index (χ3v) is 3.20. The standard InChI is InChI=1S/C13H12BrClN2/c1-8-6-9(14)2-5-12(8)17-13-7-10(15)3-4-11(13)16/h2-7,17H,16H2,1H3. The van der Waals surface area contributed by atoms with E-state index in [1.165, 1.54) is 0 Å². The Morgan fingerprint density at radius 2 is 1.88 bits per heavy atom. The quantitative estimate of drug-likeness (QED) is 0.786. The topological polar surface area (TPSA) is 38.0 Å². The van der Waals surface area contributed by atoms with Gasteiger partial charge in [0.25, 0.3) is 0 Å². The zero-order chi connectivity index (χ0) is 12.4. The Hall–Kier alpha value is -1.19. The van der Waals surface area contributed by atoms with Crippen LogP contribution in [0.5, 0.6) is 0 Å². The van der Waals surface area contributed by atoms with E-state index in [2.05, 4.69) is 21.2 Å². The molecule has 3 N–H and O–H groups in total. The van der Waals surface area contributed by atoms with E-state index >= 15 is 0 Å². The van der Waals surface area contributed by atoms with Crippen molar-refractivity contribution in [2.45, 2.75) is 6.92 Å². The van der Waals surface area contributed by atoms with Gasteiger partial charge in [-0.05, 0) is 48.9 Å². The van der Waals surface area contributed by atoms with Gasteiger partial charge >= 0.3 is 0 Å². The van der Waals surface area contributed by atoms with Crippen molar-refractivity contribution in [3.05, 3.63) is 51.5 Å². The van der Waals surface area contributed by atoms with Crippen LogP contribution in [0.2, 0.25) is 5.02 Å². The number of benzene rings is 2. The van der Waals surface area contributed by atoms with Crippen LogP contribution >= 0.6 is 27.5 Å². The van der Waals surface area contributed by atoms with Crippen LogP contribution < -0.4 is 11.1 Å². The molecule has 0 bridgehead atoms. The lowest BCUT2D eigenvalue weighted by Gasteiger charge is -2.12. The molecule has 0 aliphatic carbocycles. The average Bonchev–Trinajstić information content (AvgIpc) is 2.27. The van der Waals surface area contributed by atoms with Gasteiger partial charge in [0.15, 0.2) is 0 Å². The fourth-order valence-corrected chi connectivity index (χ4v) is 2.20. The van der Waals surface area contributed by atoms with E-state index < -0.39 is 0 Å². The second-order valence-corrected chi connectivity index (χ2v) is 5.17. The number of rotatable bonds is 2. The minimum Gasteiger partial charge on any atom is -0.397 e. The van der Waals surface area contributed by atoms with Gasteiger partial charge in [0.1, 0.15) is 0 Å². The second-order valence-electron chi connectivity index (χ2n) is 3.82. The van der Waals surface area contributed by atoms with Crippen molar-refractivity contribution in [2.24, 2.45) is 0 Å². The fourth-order valence-electron chi connectivity index (χ4n) is 1.55. The molecule has 0 fully saturated rings. The molecule has 0 saturated carbocycles. The summed E-state index contributed by atoms with van der Waals surface area (Å²) in [5, 5.41) is 3.94. The Labute approximate surface area is 114 Å². The Morgan fingerprint density at radius 3 is 2.59 bits per heavy atom. The van der Waals surface area contributed by atoms with Crippen LogP contribution in [0, 0.1) is 6.92 Å². The summed E-state index contributed by atoms with van der Waals surface area (Å²) in [6, 6.07) is 11.4. The van der Waals surface area contributed by atoms with Crippen molar-refractivity contribution in [3.8, 4) is 0 Å². The van der Waals surface area contributed by atoms with Crippen LogP contribution in [-0.2, 0) is 0 Å². The van der Waals surface area contributed by atoms with Crippen LogP contribution in [0.1, 0.15) is 5.56 Å². The van der Waals surface area contributed by atoms with Crippen molar-refractivity contribution in [2.75, 3.05) is 11.1 Å². The maximum absolute atomic E-state index is 5.95. The molecule has 2 nitrogen and oxygen atoms in total. The Bertz CT molecular complexity index is 555. The van der Waals surface area contributed by atoms with Crippen LogP contribution in [0.3, 0.4) is 0 Å². The first-order chi connectivity index (χ1) is 8.06. The first kappa shape index (κ1) is 12.3. The third-order valence-electron chi connectivity index (χ3n) is 2.47. The van der Waals surface area contributed by atoms with Crippen molar-refractivity contribution in [1.29, 1.82) is 0 Å². The normalized spacial score (nSPS) is 10.3. The lowest BCUT2D eigenvalue weighted by molar-refractivity contribution is 1.42. The molecule has 0 aliphatic heterocycles. The molecule has 0 amide bonds. The molecule has 0 heterocycles. The van der Waals surface area contributed by atoms with E-state index in [-0.39, 0.29) is 0 Å². The Balaban J connectivity index is 2.34. The van der Waals surface area contributed by atoms with E-state index in [1.807, 2.05) is 31.2 Å². The van der Waals surface area contributed by atoms with E-state index in [0.29, 0.717) is 10.7 Å². The Morgan fingerprint density at radius 1 is 1.12 bits per heavy atom. The number of aryl methyl sites for hydroxylation is 1. The number of nitrogens with one attached hydrogen (secondary N) is 1. The first-order valence-electron chi connectivity index (χ1n) is 5.14. The number of nitrogens with two attached hydrogens (primary N) is 1.